The minimum Gasteiger partial charge on any atom is -0.461 e. The standard InChI is InChI=1S/C10H14N2O3/c1-2-14-10(13)9-5-11-7-12(9)6-8-3-4-15-8/h5,7-8H,2-4,6H2,1H3. The maximum Gasteiger partial charge on any atom is 0.356 e. The minimum absolute atomic E-state index is 0.215. The summed E-state index contributed by atoms with van der Waals surface area (Å²) in [6.07, 6.45) is 4.41. The number of carbonyl (C=O) groups is 1. The fourth-order valence-corrected chi connectivity index (χ4v) is 1.49. The predicted molar refractivity (Wildman–Crippen MR) is 52.5 cm³/mol. The number of aromatic nitrogens is 2. The number of imidazole rings is 1. The van der Waals surface area contributed by atoms with Crippen LogP contribution in [0.3, 0.4) is 0 Å². The van der Waals surface area contributed by atoms with E-state index in [-0.39, 0.29) is 12.1 Å². The van der Waals surface area contributed by atoms with Gasteiger partial charge in [-0.1, -0.05) is 0 Å². The number of rotatable bonds is 4. The Labute approximate surface area is 88.0 Å². The van der Waals surface area contributed by atoms with Gasteiger partial charge >= 0.3 is 5.97 Å². The van der Waals surface area contributed by atoms with Gasteiger partial charge in [0.15, 0.2) is 0 Å². The highest BCUT2D eigenvalue weighted by atomic mass is 16.5. The van der Waals surface area contributed by atoms with E-state index in [4.69, 9.17) is 9.47 Å². The summed E-state index contributed by atoms with van der Waals surface area (Å²) >= 11 is 0. The molecule has 2 heterocycles. The van der Waals surface area contributed by atoms with E-state index in [1.165, 1.54) is 6.20 Å². The molecule has 0 aliphatic carbocycles. The molecule has 1 aromatic heterocycles. The van der Waals surface area contributed by atoms with Gasteiger partial charge in [-0.25, -0.2) is 9.78 Å². The van der Waals surface area contributed by atoms with Crippen molar-refractivity contribution < 1.29 is 14.3 Å². The van der Waals surface area contributed by atoms with E-state index < -0.39 is 0 Å². The van der Waals surface area contributed by atoms with Crippen molar-refractivity contribution in [3.05, 3.63) is 18.2 Å². The zero-order valence-electron chi connectivity index (χ0n) is 8.68. The maximum atomic E-state index is 11.5. The van der Waals surface area contributed by atoms with Gasteiger partial charge in [0, 0.05) is 6.61 Å². The lowest BCUT2D eigenvalue weighted by Gasteiger charge is -2.26. The Morgan fingerprint density at radius 3 is 3.20 bits per heavy atom. The second kappa shape index (κ2) is 4.44. The molecule has 1 unspecified atom stereocenters. The molecule has 0 spiro atoms. The second-order valence-corrected chi connectivity index (χ2v) is 3.43. The van der Waals surface area contributed by atoms with Crippen molar-refractivity contribution >= 4 is 5.97 Å². The molecule has 1 saturated heterocycles. The van der Waals surface area contributed by atoms with Gasteiger partial charge < -0.3 is 14.0 Å². The van der Waals surface area contributed by atoms with Gasteiger partial charge in [0.2, 0.25) is 0 Å². The molecule has 0 amide bonds. The zero-order chi connectivity index (χ0) is 10.7. The molecule has 0 N–H and O–H groups in total. The summed E-state index contributed by atoms with van der Waals surface area (Å²) in [7, 11) is 0. The minimum atomic E-state index is -0.325. The van der Waals surface area contributed by atoms with Crippen molar-refractivity contribution in [1.82, 2.24) is 9.55 Å². The Morgan fingerprint density at radius 1 is 1.80 bits per heavy atom. The topological polar surface area (TPSA) is 53.3 Å². The highest BCUT2D eigenvalue weighted by Crippen LogP contribution is 2.14. The second-order valence-electron chi connectivity index (χ2n) is 3.43. The van der Waals surface area contributed by atoms with Gasteiger partial charge in [0.1, 0.15) is 5.69 Å². The van der Waals surface area contributed by atoms with E-state index in [2.05, 4.69) is 4.98 Å². The zero-order valence-corrected chi connectivity index (χ0v) is 8.68. The van der Waals surface area contributed by atoms with Crippen LogP contribution in [0.25, 0.3) is 0 Å². The molecule has 0 bridgehead atoms. The summed E-state index contributed by atoms with van der Waals surface area (Å²) in [6, 6.07) is 0. The first kappa shape index (κ1) is 10.2. The summed E-state index contributed by atoms with van der Waals surface area (Å²) in [6.45, 7) is 3.65. The van der Waals surface area contributed by atoms with E-state index in [1.54, 1.807) is 17.8 Å². The van der Waals surface area contributed by atoms with Crippen LogP contribution in [0.4, 0.5) is 0 Å². The van der Waals surface area contributed by atoms with Crippen LogP contribution in [0.2, 0.25) is 0 Å². The third kappa shape index (κ3) is 2.18. The Morgan fingerprint density at radius 2 is 2.60 bits per heavy atom. The molecule has 1 aliphatic rings. The Balaban J connectivity index is 2.03. The monoisotopic (exact) mass is 210 g/mol. The molecule has 0 radical (unpaired) electrons. The number of esters is 1. The van der Waals surface area contributed by atoms with E-state index >= 15 is 0 Å². The van der Waals surface area contributed by atoms with Gasteiger partial charge in [-0.15, -0.1) is 0 Å². The molecule has 1 fully saturated rings. The largest absolute Gasteiger partial charge is 0.461 e. The average Bonchev–Trinajstić information content (AvgIpc) is 2.59. The number of carbonyl (C=O) groups excluding carboxylic acids is 1. The molecular formula is C10H14N2O3. The van der Waals surface area contributed by atoms with E-state index in [0.717, 1.165) is 13.0 Å². The number of hydrogen-bond donors (Lipinski definition) is 0. The van der Waals surface area contributed by atoms with Crippen molar-refractivity contribution in [2.75, 3.05) is 13.2 Å². The average molecular weight is 210 g/mol. The normalized spacial score (nSPS) is 19.7. The lowest BCUT2D eigenvalue weighted by atomic mass is 10.2. The van der Waals surface area contributed by atoms with Crippen LogP contribution >= 0.6 is 0 Å². The third-order valence-corrected chi connectivity index (χ3v) is 2.39. The molecule has 2 rings (SSSR count). The summed E-state index contributed by atoms with van der Waals surface area (Å²) in [4.78, 5) is 15.4. The first-order chi connectivity index (χ1) is 7.31. The SMILES string of the molecule is CCOC(=O)c1cncn1CC1CCO1. The van der Waals surface area contributed by atoms with Crippen molar-refractivity contribution in [2.24, 2.45) is 0 Å². The fourth-order valence-electron chi connectivity index (χ4n) is 1.49. The lowest BCUT2D eigenvalue weighted by Crippen LogP contribution is -2.32. The Kier molecular flexibility index (Phi) is 3.01. The number of nitrogens with zero attached hydrogens (tertiary/aromatic N) is 2. The summed E-state index contributed by atoms with van der Waals surface area (Å²) in [5, 5.41) is 0. The summed E-state index contributed by atoms with van der Waals surface area (Å²) < 4.78 is 12.0. The molecule has 0 saturated carbocycles. The quantitative estimate of drug-likeness (QED) is 0.691. The molecule has 15 heavy (non-hydrogen) atoms. The highest BCUT2D eigenvalue weighted by molar-refractivity contribution is 5.87. The van der Waals surface area contributed by atoms with Gasteiger partial charge in [-0.3, -0.25) is 0 Å². The van der Waals surface area contributed by atoms with Gasteiger partial charge in [0.25, 0.3) is 0 Å². The third-order valence-electron chi connectivity index (χ3n) is 2.39. The van der Waals surface area contributed by atoms with Crippen LogP contribution in [0.5, 0.6) is 0 Å². The van der Waals surface area contributed by atoms with Crippen LogP contribution < -0.4 is 0 Å². The van der Waals surface area contributed by atoms with Crippen LogP contribution in [-0.2, 0) is 16.0 Å². The van der Waals surface area contributed by atoms with Gasteiger partial charge in [-0.2, -0.15) is 0 Å². The predicted octanol–water partition coefficient (Wildman–Crippen LogP) is 0.849. The molecule has 1 aliphatic heterocycles. The van der Waals surface area contributed by atoms with Crippen molar-refractivity contribution in [3.8, 4) is 0 Å². The van der Waals surface area contributed by atoms with Crippen LogP contribution in [-0.4, -0.2) is 34.8 Å². The summed E-state index contributed by atoms with van der Waals surface area (Å²) in [5.74, 6) is -0.325. The van der Waals surface area contributed by atoms with Crippen molar-refractivity contribution in [3.63, 3.8) is 0 Å². The Hall–Kier alpha value is -1.36. The Bertz CT molecular complexity index is 344. The molecule has 5 nitrogen and oxygen atoms in total. The van der Waals surface area contributed by atoms with Gasteiger partial charge in [0.05, 0.1) is 31.8 Å². The van der Waals surface area contributed by atoms with Crippen molar-refractivity contribution in [1.29, 1.82) is 0 Å². The van der Waals surface area contributed by atoms with Crippen LogP contribution in [0, 0.1) is 0 Å². The van der Waals surface area contributed by atoms with Crippen LogP contribution in [0.1, 0.15) is 23.8 Å². The lowest BCUT2D eigenvalue weighted by molar-refractivity contribution is -0.0595. The van der Waals surface area contributed by atoms with Crippen molar-refractivity contribution in [2.45, 2.75) is 26.0 Å². The first-order valence-corrected chi connectivity index (χ1v) is 5.10. The number of ether oxygens (including phenoxy) is 2. The highest BCUT2D eigenvalue weighted by Gasteiger charge is 2.21. The first-order valence-electron chi connectivity index (χ1n) is 5.10. The molecule has 5 heteroatoms. The molecule has 1 atom stereocenters. The molecule has 1 aromatic rings. The van der Waals surface area contributed by atoms with Gasteiger partial charge in [-0.05, 0) is 13.3 Å². The maximum absolute atomic E-state index is 11.5. The van der Waals surface area contributed by atoms with Crippen LogP contribution in [0.15, 0.2) is 12.5 Å². The molecule has 82 valence electrons. The number of hydrogen-bond acceptors (Lipinski definition) is 4. The smallest absolute Gasteiger partial charge is 0.356 e. The fraction of sp³-hybridized carbons (Fsp3) is 0.600. The summed E-state index contributed by atoms with van der Waals surface area (Å²) in [5.41, 5.74) is 0.493. The molecular weight excluding hydrogens is 196 g/mol. The van der Waals surface area contributed by atoms with E-state index in [9.17, 15) is 4.79 Å². The van der Waals surface area contributed by atoms with E-state index in [0.29, 0.717) is 18.8 Å². The van der Waals surface area contributed by atoms with E-state index in [1.807, 2.05) is 0 Å². The molecule has 0 aromatic carbocycles.